The Hall–Kier alpha value is -4.13. The third-order valence-corrected chi connectivity index (χ3v) is 10.9. The van der Waals surface area contributed by atoms with Crippen molar-refractivity contribution in [1.82, 2.24) is 24.9 Å². The summed E-state index contributed by atoms with van der Waals surface area (Å²) in [6.45, 7) is 0.377. The average Bonchev–Trinajstić information content (AvgIpc) is 3.09. The average molecular weight is 802 g/mol. The van der Waals surface area contributed by atoms with Crippen LogP contribution in [0.3, 0.4) is 0 Å². The van der Waals surface area contributed by atoms with E-state index in [1.807, 2.05) is 0 Å². The first-order valence-corrected chi connectivity index (χ1v) is 20.3. The Morgan fingerprint density at radius 1 is 0.655 bits per heavy atom. The lowest BCUT2D eigenvalue weighted by molar-refractivity contribution is -0.142. The molecule has 1 unspecified atom stereocenters. The van der Waals surface area contributed by atoms with Crippen LogP contribution < -0.4 is 10.1 Å². The van der Waals surface area contributed by atoms with E-state index in [0.717, 1.165) is 5.56 Å². The summed E-state index contributed by atoms with van der Waals surface area (Å²) in [6, 6.07) is 6.43. The van der Waals surface area contributed by atoms with Crippen molar-refractivity contribution in [2.24, 2.45) is 0 Å². The van der Waals surface area contributed by atoms with Crippen LogP contribution in [0.5, 0.6) is 5.75 Å². The number of hydrogen-bond donors (Lipinski definition) is 7. The highest BCUT2D eigenvalue weighted by Gasteiger charge is 2.28. The number of benzene rings is 1. The van der Waals surface area contributed by atoms with Crippen LogP contribution in [-0.2, 0) is 39.8 Å². The molecule has 1 aromatic carbocycles. The maximum atomic E-state index is 12.6. The number of ether oxygens (including phenoxy) is 1. The zero-order chi connectivity index (χ0) is 40.8. The van der Waals surface area contributed by atoms with Gasteiger partial charge in [-0.25, -0.2) is 0 Å². The molecular weight excluding hydrogens is 745 g/mol. The van der Waals surface area contributed by atoms with E-state index < -0.39 is 43.3 Å². The fourth-order valence-electron chi connectivity index (χ4n) is 6.13. The van der Waals surface area contributed by atoms with E-state index in [1.54, 1.807) is 43.9 Å². The number of carbonyl (C=O) groups excluding carboxylic acids is 1. The number of aliphatic carboxylic acids is 5. The number of carboxylic acids is 5. The number of amides is 1. The van der Waals surface area contributed by atoms with Crippen molar-refractivity contribution in [3.8, 4) is 5.75 Å². The fourth-order valence-corrected chi connectivity index (χ4v) is 7.53. The van der Waals surface area contributed by atoms with E-state index in [4.69, 9.17) is 9.84 Å². The number of nitrogens with one attached hydrogen (secondary N) is 1. The molecule has 1 fully saturated rings. The molecule has 0 spiro atoms. The molecule has 310 valence electrons. The smallest absolute Gasteiger partial charge is 0.317 e. The summed E-state index contributed by atoms with van der Waals surface area (Å²) in [5.41, 5.74) is 0.781. The predicted octanol–water partition coefficient (Wildman–Crippen LogP) is 0.348. The Morgan fingerprint density at radius 3 is 1.76 bits per heavy atom. The van der Waals surface area contributed by atoms with Crippen LogP contribution in [0.15, 0.2) is 24.3 Å². The minimum atomic E-state index is -3.58. The molecule has 0 radical (unpaired) electrons. The van der Waals surface area contributed by atoms with Crippen LogP contribution in [0, 0.1) is 0 Å². The van der Waals surface area contributed by atoms with Crippen molar-refractivity contribution in [2.75, 3.05) is 97.5 Å². The molecule has 20 heteroatoms. The lowest BCUT2D eigenvalue weighted by Crippen LogP contribution is -2.53. The normalized spacial score (nSPS) is 17.9. The third-order valence-electron chi connectivity index (χ3n) is 8.96. The molecule has 1 amide bonds. The second-order valence-electron chi connectivity index (χ2n) is 13.6. The summed E-state index contributed by atoms with van der Waals surface area (Å²) in [5.74, 6) is -5.10. The van der Waals surface area contributed by atoms with Gasteiger partial charge in [0.1, 0.15) is 5.75 Å². The molecule has 1 saturated heterocycles. The fraction of sp³-hybridized carbons (Fsp3) is 0.657. The number of carboxylic acid groups (broad SMARTS) is 5. The quantitative estimate of drug-likeness (QED) is 0.0549. The van der Waals surface area contributed by atoms with Crippen LogP contribution in [0.1, 0.15) is 44.1 Å². The number of carbonyl (C=O) groups is 6. The molecule has 0 bridgehead atoms. The van der Waals surface area contributed by atoms with Crippen LogP contribution in [-0.4, -0.2) is 189 Å². The summed E-state index contributed by atoms with van der Waals surface area (Å²) in [5, 5.41) is 49.7. The number of hydrogen-bond acceptors (Lipinski definition) is 12. The van der Waals surface area contributed by atoms with Gasteiger partial charge >= 0.3 is 29.8 Å². The Bertz CT molecular complexity index is 1450. The monoisotopic (exact) mass is 801 g/mol. The van der Waals surface area contributed by atoms with Crippen molar-refractivity contribution in [2.45, 2.75) is 51.0 Å². The van der Waals surface area contributed by atoms with E-state index >= 15 is 0 Å². The molecule has 2 atom stereocenters. The van der Waals surface area contributed by atoms with E-state index in [9.17, 15) is 58.7 Å². The van der Waals surface area contributed by atoms with Gasteiger partial charge in [-0.3, -0.25) is 52.9 Å². The highest BCUT2D eigenvalue weighted by atomic mass is 31.2. The molecule has 55 heavy (non-hydrogen) atoms. The molecular formula is C35H56N5O14P. The van der Waals surface area contributed by atoms with Gasteiger partial charge in [0.15, 0.2) is 0 Å². The number of rotatable bonds is 24. The molecule has 1 aliphatic rings. The second-order valence-corrected chi connectivity index (χ2v) is 16.2. The largest absolute Gasteiger partial charge is 0.494 e. The lowest BCUT2D eigenvalue weighted by atomic mass is 10.0. The van der Waals surface area contributed by atoms with E-state index in [1.165, 1.54) is 0 Å². The maximum absolute atomic E-state index is 12.6. The Balaban J connectivity index is 2.03. The first-order chi connectivity index (χ1) is 26.0. The van der Waals surface area contributed by atoms with Gasteiger partial charge in [0.05, 0.1) is 32.8 Å². The predicted molar refractivity (Wildman–Crippen MR) is 199 cm³/mol. The molecule has 2 rings (SSSR count). The van der Waals surface area contributed by atoms with Gasteiger partial charge in [0, 0.05) is 83.6 Å². The molecule has 1 heterocycles. The van der Waals surface area contributed by atoms with E-state index in [-0.39, 0.29) is 116 Å². The van der Waals surface area contributed by atoms with Gasteiger partial charge in [-0.2, -0.15) is 0 Å². The van der Waals surface area contributed by atoms with Gasteiger partial charge in [-0.15, -0.1) is 0 Å². The van der Waals surface area contributed by atoms with E-state index in [2.05, 4.69) is 5.32 Å². The number of unbranched alkanes of at least 4 members (excludes halogenated alkanes) is 2. The van der Waals surface area contributed by atoms with Crippen molar-refractivity contribution < 1.29 is 68.5 Å². The van der Waals surface area contributed by atoms with Gasteiger partial charge in [0.2, 0.25) is 13.3 Å². The first-order valence-electron chi connectivity index (χ1n) is 18.3. The lowest BCUT2D eigenvalue weighted by Gasteiger charge is -2.37. The topological polar surface area (TPSA) is 275 Å². The Kier molecular flexibility index (Phi) is 21.5. The van der Waals surface area contributed by atoms with Gasteiger partial charge in [-0.1, -0.05) is 18.6 Å². The third kappa shape index (κ3) is 22.1. The maximum Gasteiger partial charge on any atom is 0.317 e. The zero-order valence-corrected chi connectivity index (χ0v) is 32.0. The van der Waals surface area contributed by atoms with Crippen LogP contribution in [0.25, 0.3) is 0 Å². The molecule has 1 aliphatic heterocycles. The molecule has 19 nitrogen and oxygen atoms in total. The standard InChI is InChI=1S/C35H56N5O14P/c41-30(36-11-3-1-2-5-31(42)43)10-20-55(52,53)19-4-18-54-29-8-6-27(7-9-29)21-28-22-39(25-34(48)49)15-14-37(23-32(44)45)12-13-38(24-33(46)47)16-17-40(28)26-35(50)51/h6-9,28H,1-5,10-26H2,(H,36,41)(H,42,43)(H,44,45)(H,46,47)(H,48,49)(H,50,51)(H,52,53)/t28-/m0/s1. The highest BCUT2D eigenvalue weighted by Crippen LogP contribution is 2.41. The molecule has 1 aromatic rings. The molecule has 7 N–H and O–H groups in total. The molecule has 0 aliphatic carbocycles. The van der Waals surface area contributed by atoms with Crippen molar-refractivity contribution >= 4 is 43.1 Å². The van der Waals surface area contributed by atoms with Crippen molar-refractivity contribution in [3.63, 3.8) is 0 Å². The second kappa shape index (κ2) is 25.1. The van der Waals surface area contributed by atoms with E-state index in [0.29, 0.717) is 38.0 Å². The van der Waals surface area contributed by atoms with Gasteiger partial charge < -0.3 is 40.5 Å². The van der Waals surface area contributed by atoms with Crippen LogP contribution in [0.4, 0.5) is 0 Å². The van der Waals surface area contributed by atoms with Crippen molar-refractivity contribution in [3.05, 3.63) is 29.8 Å². The van der Waals surface area contributed by atoms with Gasteiger partial charge in [-0.05, 0) is 43.4 Å². The number of nitrogens with zero attached hydrogens (tertiary/aromatic N) is 4. The Labute approximate surface area is 320 Å². The summed E-state index contributed by atoms with van der Waals surface area (Å²) >= 11 is 0. The minimum absolute atomic E-state index is 0.0422. The van der Waals surface area contributed by atoms with Gasteiger partial charge in [0.25, 0.3) is 0 Å². The summed E-state index contributed by atoms with van der Waals surface area (Å²) in [4.78, 5) is 86.4. The summed E-state index contributed by atoms with van der Waals surface area (Å²) in [7, 11) is -3.58. The SMILES string of the molecule is O=C(O)CCCCCNC(=O)CCP(=O)(O)CCCOc1ccc(C[C@H]2CN(CC(=O)O)CCN(CC(=O)O)CCN(CC(=O)O)CCN2CC(=O)O)cc1. The summed E-state index contributed by atoms with van der Waals surface area (Å²) < 4.78 is 18.4. The zero-order valence-electron chi connectivity index (χ0n) is 31.1. The summed E-state index contributed by atoms with van der Waals surface area (Å²) in [6.07, 6.45) is 2.10. The molecule has 0 saturated carbocycles. The first kappa shape index (κ1) is 47.0. The molecule has 0 aromatic heterocycles. The van der Waals surface area contributed by atoms with Crippen molar-refractivity contribution in [1.29, 1.82) is 0 Å². The van der Waals surface area contributed by atoms with Crippen LogP contribution in [0.2, 0.25) is 0 Å². The highest BCUT2D eigenvalue weighted by molar-refractivity contribution is 7.58. The minimum Gasteiger partial charge on any atom is -0.494 e. The Morgan fingerprint density at radius 2 is 1.20 bits per heavy atom. The van der Waals surface area contributed by atoms with Crippen LogP contribution >= 0.6 is 7.37 Å².